The fourth-order valence-corrected chi connectivity index (χ4v) is 4.64. The third-order valence-electron chi connectivity index (χ3n) is 5.41. The molecule has 6 nitrogen and oxygen atoms in total. The fraction of sp³-hybridized carbons (Fsp3) is 0.231. The first-order valence-corrected chi connectivity index (χ1v) is 11.5. The van der Waals surface area contributed by atoms with Crippen LogP contribution in [-0.2, 0) is 16.8 Å². The molecule has 0 fully saturated rings. The molecule has 7 heteroatoms. The second-order valence-electron chi connectivity index (χ2n) is 8.92. The van der Waals surface area contributed by atoms with E-state index >= 15 is 0 Å². The molecule has 0 spiro atoms. The quantitative estimate of drug-likeness (QED) is 0.342. The van der Waals surface area contributed by atoms with Gasteiger partial charge >= 0.3 is 0 Å². The lowest BCUT2D eigenvalue weighted by Gasteiger charge is -2.18. The van der Waals surface area contributed by atoms with Crippen LogP contribution in [0.1, 0.15) is 36.8 Å². The molecule has 0 saturated heterocycles. The first kappa shape index (κ1) is 22.6. The SMILES string of the molecule is Cc1sc2ncn(CC(=O)N/N=C\c3ccc(C(C)(C)C)cc3)c(=O)c2c1-c1ccccc1. The van der Waals surface area contributed by atoms with Crippen molar-refractivity contribution >= 4 is 33.7 Å². The van der Waals surface area contributed by atoms with Crippen LogP contribution in [0.25, 0.3) is 21.3 Å². The number of carbonyl (C=O) groups is 1. The van der Waals surface area contributed by atoms with E-state index in [-0.39, 0.29) is 17.5 Å². The molecule has 2 heterocycles. The zero-order valence-corrected chi connectivity index (χ0v) is 19.9. The fourth-order valence-electron chi connectivity index (χ4n) is 3.64. The molecule has 2 aromatic carbocycles. The van der Waals surface area contributed by atoms with Gasteiger partial charge in [0.15, 0.2) is 0 Å². The number of carbonyl (C=O) groups excluding carboxylic acids is 1. The summed E-state index contributed by atoms with van der Waals surface area (Å²) in [5, 5.41) is 4.58. The van der Waals surface area contributed by atoms with Crippen molar-refractivity contribution in [2.24, 2.45) is 5.10 Å². The van der Waals surface area contributed by atoms with E-state index in [9.17, 15) is 9.59 Å². The highest BCUT2D eigenvalue weighted by atomic mass is 32.1. The van der Waals surface area contributed by atoms with Gasteiger partial charge in [-0.15, -0.1) is 11.3 Å². The van der Waals surface area contributed by atoms with Gasteiger partial charge in [0, 0.05) is 10.4 Å². The number of fused-ring (bicyclic) bond motifs is 1. The maximum atomic E-state index is 13.2. The van der Waals surface area contributed by atoms with E-state index in [1.165, 1.54) is 27.8 Å². The summed E-state index contributed by atoms with van der Waals surface area (Å²) < 4.78 is 1.32. The maximum Gasteiger partial charge on any atom is 0.263 e. The Morgan fingerprint density at radius 1 is 1.12 bits per heavy atom. The molecule has 0 unspecified atom stereocenters. The number of benzene rings is 2. The number of nitrogens with one attached hydrogen (secondary N) is 1. The van der Waals surface area contributed by atoms with Crippen molar-refractivity contribution in [3.05, 3.63) is 87.3 Å². The smallest absolute Gasteiger partial charge is 0.263 e. The molecular weight excluding hydrogens is 432 g/mol. The largest absolute Gasteiger partial charge is 0.289 e. The van der Waals surface area contributed by atoms with Crippen LogP contribution < -0.4 is 11.0 Å². The summed E-state index contributed by atoms with van der Waals surface area (Å²) in [6.45, 7) is 8.29. The number of hydrogen-bond donors (Lipinski definition) is 1. The molecule has 0 atom stereocenters. The van der Waals surface area contributed by atoms with Gasteiger partial charge in [0.1, 0.15) is 11.4 Å². The minimum atomic E-state index is -0.394. The van der Waals surface area contributed by atoms with E-state index in [0.717, 1.165) is 21.6 Å². The van der Waals surface area contributed by atoms with Crippen molar-refractivity contribution in [2.75, 3.05) is 0 Å². The summed E-state index contributed by atoms with van der Waals surface area (Å²) in [5.74, 6) is -0.394. The Balaban J connectivity index is 1.51. The number of hydrazone groups is 1. The van der Waals surface area contributed by atoms with Gasteiger partial charge in [0.2, 0.25) is 0 Å². The van der Waals surface area contributed by atoms with Gasteiger partial charge in [-0.3, -0.25) is 14.2 Å². The van der Waals surface area contributed by atoms with Gasteiger partial charge < -0.3 is 0 Å². The van der Waals surface area contributed by atoms with E-state index in [1.807, 2.05) is 49.4 Å². The first-order chi connectivity index (χ1) is 15.7. The van der Waals surface area contributed by atoms with Gasteiger partial charge in [-0.05, 0) is 29.0 Å². The van der Waals surface area contributed by atoms with E-state index in [0.29, 0.717) is 10.2 Å². The number of aromatic nitrogens is 2. The van der Waals surface area contributed by atoms with Crippen LogP contribution in [0.2, 0.25) is 0 Å². The van der Waals surface area contributed by atoms with Crippen molar-refractivity contribution in [1.82, 2.24) is 15.0 Å². The molecule has 1 amide bonds. The van der Waals surface area contributed by atoms with Crippen molar-refractivity contribution < 1.29 is 4.79 Å². The van der Waals surface area contributed by atoms with Gasteiger partial charge in [-0.1, -0.05) is 75.4 Å². The highest BCUT2D eigenvalue weighted by molar-refractivity contribution is 7.19. The summed E-state index contributed by atoms with van der Waals surface area (Å²) in [6, 6.07) is 17.8. The number of amides is 1. The second-order valence-corrected chi connectivity index (χ2v) is 10.1. The van der Waals surface area contributed by atoms with Crippen LogP contribution >= 0.6 is 11.3 Å². The zero-order chi connectivity index (χ0) is 23.6. The van der Waals surface area contributed by atoms with Crippen LogP contribution in [-0.4, -0.2) is 21.7 Å². The molecule has 1 N–H and O–H groups in total. The highest BCUT2D eigenvalue weighted by Crippen LogP contribution is 2.35. The van der Waals surface area contributed by atoms with Gasteiger partial charge in [-0.25, -0.2) is 10.4 Å². The lowest BCUT2D eigenvalue weighted by Crippen LogP contribution is -2.30. The van der Waals surface area contributed by atoms with Crippen LogP contribution in [0.15, 0.2) is 70.8 Å². The Bertz CT molecular complexity index is 1380. The lowest BCUT2D eigenvalue weighted by atomic mass is 9.87. The average Bonchev–Trinajstić information content (AvgIpc) is 3.13. The molecule has 33 heavy (non-hydrogen) atoms. The van der Waals surface area contributed by atoms with E-state index < -0.39 is 5.91 Å². The van der Waals surface area contributed by atoms with Crippen LogP contribution in [0.3, 0.4) is 0 Å². The van der Waals surface area contributed by atoms with Crippen molar-refractivity contribution in [3.63, 3.8) is 0 Å². The Kier molecular flexibility index (Phi) is 6.24. The van der Waals surface area contributed by atoms with Crippen LogP contribution in [0, 0.1) is 6.92 Å². The zero-order valence-electron chi connectivity index (χ0n) is 19.1. The summed E-state index contributed by atoms with van der Waals surface area (Å²) in [5.41, 5.74) is 6.28. The molecular formula is C26H26N4O2S. The van der Waals surface area contributed by atoms with Crippen molar-refractivity contribution in [2.45, 2.75) is 39.7 Å². The van der Waals surface area contributed by atoms with Crippen LogP contribution in [0.5, 0.6) is 0 Å². The molecule has 0 radical (unpaired) electrons. The number of rotatable bonds is 5. The summed E-state index contributed by atoms with van der Waals surface area (Å²) >= 11 is 1.48. The van der Waals surface area contributed by atoms with E-state index in [1.54, 1.807) is 6.21 Å². The Hall–Kier alpha value is -3.58. The Morgan fingerprint density at radius 2 is 1.82 bits per heavy atom. The van der Waals surface area contributed by atoms with E-state index in [4.69, 9.17) is 0 Å². The molecule has 4 aromatic rings. The molecule has 0 aliphatic carbocycles. The van der Waals surface area contributed by atoms with E-state index in [2.05, 4.69) is 48.4 Å². The highest BCUT2D eigenvalue weighted by Gasteiger charge is 2.17. The molecule has 0 aliphatic rings. The third kappa shape index (κ3) is 4.93. The predicted molar refractivity (Wildman–Crippen MR) is 135 cm³/mol. The Morgan fingerprint density at radius 3 is 2.48 bits per heavy atom. The molecule has 2 aromatic heterocycles. The minimum absolute atomic E-state index is 0.0770. The molecule has 0 bridgehead atoms. The predicted octanol–water partition coefficient (Wildman–Crippen LogP) is 4.88. The van der Waals surface area contributed by atoms with Gasteiger partial charge in [-0.2, -0.15) is 5.10 Å². The van der Waals surface area contributed by atoms with Gasteiger partial charge in [0.05, 0.1) is 17.9 Å². The topological polar surface area (TPSA) is 76.3 Å². The number of nitrogens with zero attached hydrogens (tertiary/aromatic N) is 3. The summed E-state index contributed by atoms with van der Waals surface area (Å²) in [7, 11) is 0. The standard InChI is InChI=1S/C26H26N4O2S/c1-17-22(19-8-6-5-7-9-19)23-24(33-17)27-16-30(25(23)32)15-21(31)29-28-14-18-10-12-20(13-11-18)26(2,3)4/h5-14,16H,15H2,1-4H3,(H,29,31)/b28-14-. The normalized spacial score (nSPS) is 11.9. The molecule has 168 valence electrons. The van der Waals surface area contributed by atoms with Crippen LogP contribution in [0.4, 0.5) is 0 Å². The number of thiophene rings is 1. The number of aryl methyl sites for hydroxylation is 1. The second kappa shape index (κ2) is 9.11. The number of hydrogen-bond acceptors (Lipinski definition) is 5. The molecule has 4 rings (SSSR count). The minimum Gasteiger partial charge on any atom is -0.289 e. The van der Waals surface area contributed by atoms with Crippen molar-refractivity contribution in [1.29, 1.82) is 0 Å². The third-order valence-corrected chi connectivity index (χ3v) is 6.42. The average molecular weight is 459 g/mol. The van der Waals surface area contributed by atoms with Gasteiger partial charge in [0.25, 0.3) is 11.5 Å². The Labute approximate surface area is 196 Å². The monoisotopic (exact) mass is 458 g/mol. The summed E-state index contributed by atoms with van der Waals surface area (Å²) in [4.78, 5) is 31.7. The summed E-state index contributed by atoms with van der Waals surface area (Å²) in [6.07, 6.45) is 3.01. The maximum absolute atomic E-state index is 13.2. The van der Waals surface area contributed by atoms with Crippen molar-refractivity contribution in [3.8, 4) is 11.1 Å². The molecule has 0 aliphatic heterocycles. The lowest BCUT2D eigenvalue weighted by molar-refractivity contribution is -0.121. The molecule has 0 saturated carbocycles. The first-order valence-electron chi connectivity index (χ1n) is 10.7.